The van der Waals surface area contributed by atoms with Crippen LogP contribution in [0.15, 0.2) is 57.8 Å². The van der Waals surface area contributed by atoms with Crippen LogP contribution in [0.3, 0.4) is 0 Å². The van der Waals surface area contributed by atoms with E-state index in [1.165, 1.54) is 21.6 Å². The molecule has 1 N–H and O–H groups in total. The molecule has 226 valence electrons. The van der Waals surface area contributed by atoms with Gasteiger partial charge in [-0.3, -0.25) is 9.59 Å². The van der Waals surface area contributed by atoms with E-state index in [9.17, 15) is 27.9 Å². The summed E-state index contributed by atoms with van der Waals surface area (Å²) in [6, 6.07) is 11.5. The highest BCUT2D eigenvalue weighted by molar-refractivity contribution is 9.10. The fraction of sp³-hybridized carbons (Fsp3) is 0.333. The lowest BCUT2D eigenvalue weighted by Crippen LogP contribution is -2.46. The van der Waals surface area contributed by atoms with E-state index >= 15 is 0 Å². The molecule has 2 unspecified atom stereocenters. The van der Waals surface area contributed by atoms with Crippen LogP contribution in [0.5, 0.6) is 5.75 Å². The van der Waals surface area contributed by atoms with Gasteiger partial charge in [0.25, 0.3) is 11.5 Å². The van der Waals surface area contributed by atoms with Crippen molar-refractivity contribution in [3.8, 4) is 17.4 Å². The third kappa shape index (κ3) is 6.09. The molecule has 0 saturated carbocycles. The van der Waals surface area contributed by atoms with Gasteiger partial charge in [0.15, 0.2) is 0 Å². The molecule has 0 saturated heterocycles. The summed E-state index contributed by atoms with van der Waals surface area (Å²) in [6.45, 7) is 7.04. The van der Waals surface area contributed by atoms with Crippen LogP contribution < -0.4 is 10.3 Å². The summed E-state index contributed by atoms with van der Waals surface area (Å²) in [6.07, 6.45) is -5.13. The third-order valence-electron chi connectivity index (χ3n) is 7.16. The van der Waals surface area contributed by atoms with Gasteiger partial charge in [0.2, 0.25) is 5.95 Å². The summed E-state index contributed by atoms with van der Waals surface area (Å²) in [5.41, 5.74) is 1.29. The molecule has 2 aromatic carbocycles. The molecular formula is C30H29BrF3N5O4. The van der Waals surface area contributed by atoms with Crippen LogP contribution in [0.2, 0.25) is 0 Å². The standard InChI is InChI=1S/C30H29BrF3N5O4/c1-16-11-18(3)39(36-16)29-35-26-14-37(27(41)20-5-10-25(31)24(13-20)30(32,33)34)17(2)12-23(26)28(42)38(29)21-6-8-22(9-7-21)43-15-19(4)40/h5-11,13,17,19,40H,12,14-15H2,1-4H3. The third-order valence-corrected chi connectivity index (χ3v) is 7.85. The fourth-order valence-electron chi connectivity index (χ4n) is 5.07. The van der Waals surface area contributed by atoms with E-state index < -0.39 is 29.8 Å². The zero-order valence-electron chi connectivity index (χ0n) is 23.8. The number of hydrogen-bond donors (Lipinski definition) is 1. The predicted octanol–water partition coefficient (Wildman–Crippen LogP) is 5.16. The van der Waals surface area contributed by atoms with Crippen molar-refractivity contribution in [1.29, 1.82) is 0 Å². The molecule has 13 heteroatoms. The quantitative estimate of drug-likeness (QED) is 0.307. The average Bonchev–Trinajstić information content (AvgIpc) is 3.28. The molecule has 0 fully saturated rings. The smallest absolute Gasteiger partial charge is 0.417 e. The summed E-state index contributed by atoms with van der Waals surface area (Å²) in [7, 11) is 0. The Labute approximate surface area is 253 Å². The van der Waals surface area contributed by atoms with Crippen molar-refractivity contribution in [2.45, 2.75) is 59.0 Å². The normalized spacial score (nSPS) is 15.7. The Morgan fingerprint density at radius 2 is 1.86 bits per heavy atom. The Balaban J connectivity index is 1.58. The molecular weight excluding hydrogens is 631 g/mol. The minimum absolute atomic E-state index is 0.0682. The van der Waals surface area contributed by atoms with Crippen LogP contribution >= 0.6 is 15.9 Å². The molecule has 43 heavy (non-hydrogen) atoms. The number of alkyl halides is 3. The molecule has 0 spiro atoms. The van der Waals surface area contributed by atoms with Crippen LogP contribution in [0.4, 0.5) is 13.2 Å². The number of halogens is 4. The number of aliphatic hydroxyl groups excluding tert-OH is 1. The number of carbonyl (C=O) groups excluding carboxylic acids is 1. The number of carbonyl (C=O) groups is 1. The fourth-order valence-corrected chi connectivity index (χ4v) is 5.55. The van der Waals surface area contributed by atoms with Gasteiger partial charge in [0, 0.05) is 27.3 Å². The number of amides is 1. The van der Waals surface area contributed by atoms with Crippen molar-refractivity contribution >= 4 is 21.8 Å². The number of aliphatic hydroxyl groups is 1. The molecule has 4 aromatic rings. The molecule has 1 aliphatic heterocycles. The molecule has 2 atom stereocenters. The van der Waals surface area contributed by atoms with Gasteiger partial charge in [0.1, 0.15) is 12.4 Å². The summed E-state index contributed by atoms with van der Waals surface area (Å²) < 4.78 is 49.0. The lowest BCUT2D eigenvalue weighted by atomic mass is 9.98. The molecule has 0 radical (unpaired) electrons. The minimum Gasteiger partial charge on any atom is -0.491 e. The first-order valence-corrected chi connectivity index (χ1v) is 14.3. The van der Waals surface area contributed by atoms with Gasteiger partial charge in [-0.2, -0.15) is 18.3 Å². The maximum absolute atomic E-state index is 14.1. The van der Waals surface area contributed by atoms with Gasteiger partial charge >= 0.3 is 6.18 Å². The first-order chi connectivity index (χ1) is 20.2. The largest absolute Gasteiger partial charge is 0.491 e. The summed E-state index contributed by atoms with van der Waals surface area (Å²) in [5, 5.41) is 14.1. The number of aromatic nitrogens is 4. The molecule has 0 bridgehead atoms. The minimum atomic E-state index is -4.64. The average molecular weight is 660 g/mol. The predicted molar refractivity (Wildman–Crippen MR) is 156 cm³/mol. The van der Waals surface area contributed by atoms with E-state index in [0.29, 0.717) is 28.4 Å². The van der Waals surface area contributed by atoms with E-state index in [1.807, 2.05) is 19.9 Å². The Bertz CT molecular complexity index is 1750. The maximum atomic E-state index is 14.1. The van der Waals surface area contributed by atoms with Crippen molar-refractivity contribution in [2.24, 2.45) is 0 Å². The van der Waals surface area contributed by atoms with E-state index in [1.54, 1.807) is 42.8 Å². The van der Waals surface area contributed by atoms with Gasteiger partial charge in [-0.15, -0.1) is 0 Å². The molecule has 1 amide bonds. The monoisotopic (exact) mass is 659 g/mol. The Morgan fingerprint density at radius 3 is 2.47 bits per heavy atom. The van der Waals surface area contributed by atoms with Gasteiger partial charge in [-0.05, 0) is 82.6 Å². The molecule has 3 heterocycles. The lowest BCUT2D eigenvalue weighted by Gasteiger charge is -2.34. The number of fused-ring (bicyclic) bond motifs is 1. The number of rotatable bonds is 6. The van der Waals surface area contributed by atoms with Crippen molar-refractivity contribution in [1.82, 2.24) is 24.2 Å². The number of nitrogens with zero attached hydrogens (tertiary/aromatic N) is 5. The molecule has 2 aromatic heterocycles. The molecule has 1 aliphatic rings. The highest BCUT2D eigenvalue weighted by Gasteiger charge is 2.36. The van der Waals surface area contributed by atoms with Gasteiger partial charge in [0.05, 0.1) is 35.3 Å². The van der Waals surface area contributed by atoms with Gasteiger partial charge in [-0.25, -0.2) is 14.2 Å². The summed E-state index contributed by atoms with van der Waals surface area (Å²) in [4.78, 5) is 33.9. The Morgan fingerprint density at radius 1 is 1.16 bits per heavy atom. The first kappa shape index (κ1) is 30.5. The molecule has 9 nitrogen and oxygen atoms in total. The van der Waals surface area contributed by atoms with Crippen LogP contribution in [0.25, 0.3) is 11.6 Å². The number of aryl methyl sites for hydroxylation is 2. The topological polar surface area (TPSA) is 102 Å². The van der Waals surface area contributed by atoms with Crippen molar-refractivity contribution in [3.63, 3.8) is 0 Å². The van der Waals surface area contributed by atoms with Gasteiger partial charge in [-0.1, -0.05) is 15.9 Å². The van der Waals surface area contributed by atoms with Crippen molar-refractivity contribution in [3.05, 3.63) is 97.1 Å². The zero-order valence-corrected chi connectivity index (χ0v) is 25.4. The van der Waals surface area contributed by atoms with E-state index in [0.717, 1.165) is 11.8 Å². The van der Waals surface area contributed by atoms with Crippen LogP contribution in [0.1, 0.15) is 52.4 Å². The van der Waals surface area contributed by atoms with Gasteiger partial charge < -0.3 is 14.7 Å². The second-order valence-corrected chi connectivity index (χ2v) is 11.5. The highest BCUT2D eigenvalue weighted by atomic mass is 79.9. The van der Waals surface area contributed by atoms with Crippen LogP contribution in [-0.2, 0) is 19.1 Å². The zero-order chi connectivity index (χ0) is 31.2. The van der Waals surface area contributed by atoms with Crippen LogP contribution in [-0.4, -0.2) is 54.0 Å². The number of hydrogen-bond acceptors (Lipinski definition) is 6. The Hall–Kier alpha value is -3.97. The summed E-state index contributed by atoms with van der Waals surface area (Å²) in [5.74, 6) is 0.125. The van der Waals surface area contributed by atoms with E-state index in [-0.39, 0.29) is 41.1 Å². The second-order valence-electron chi connectivity index (χ2n) is 10.6. The summed E-state index contributed by atoms with van der Waals surface area (Å²) >= 11 is 2.92. The highest BCUT2D eigenvalue weighted by Crippen LogP contribution is 2.36. The van der Waals surface area contributed by atoms with Crippen molar-refractivity contribution < 1.29 is 27.8 Å². The van der Waals surface area contributed by atoms with E-state index in [4.69, 9.17) is 9.72 Å². The Kier molecular flexibility index (Phi) is 8.23. The lowest BCUT2D eigenvalue weighted by molar-refractivity contribution is -0.138. The number of benzene rings is 2. The number of ether oxygens (including phenoxy) is 1. The SMILES string of the molecule is Cc1cc(C)n(-c2nc3c(c(=O)n2-c2ccc(OCC(C)O)cc2)CC(C)N(C(=O)c2ccc(Br)c(C(F)(F)F)c2)C3)n1. The van der Waals surface area contributed by atoms with Crippen molar-refractivity contribution in [2.75, 3.05) is 6.61 Å². The second kappa shape index (κ2) is 11.6. The van der Waals surface area contributed by atoms with E-state index in [2.05, 4.69) is 21.0 Å². The van der Waals surface area contributed by atoms with Crippen LogP contribution in [0, 0.1) is 13.8 Å². The maximum Gasteiger partial charge on any atom is 0.417 e. The molecule has 5 rings (SSSR count). The molecule has 0 aliphatic carbocycles. The first-order valence-electron chi connectivity index (χ1n) is 13.5.